The van der Waals surface area contributed by atoms with Crippen molar-refractivity contribution in [3.05, 3.63) is 88.7 Å². The second-order valence-corrected chi connectivity index (χ2v) is 8.41. The van der Waals surface area contributed by atoms with Crippen molar-refractivity contribution in [1.82, 2.24) is 19.9 Å². The molecule has 5 rings (SSSR count). The zero-order chi connectivity index (χ0) is 23.5. The SMILES string of the molecule is Cl.Nc1cnc(C#Cc2cc3ncnc(Nc4ccc(Oc5cccc(F)c5)c(Cl)c4)c3s2)cn1. The van der Waals surface area contributed by atoms with Crippen molar-refractivity contribution in [3.63, 3.8) is 0 Å². The number of hydrogen-bond acceptors (Lipinski definition) is 8. The minimum Gasteiger partial charge on any atom is -0.456 e. The van der Waals surface area contributed by atoms with Crippen molar-refractivity contribution >= 4 is 62.9 Å². The molecule has 0 aliphatic rings. The fraction of sp³-hybridized carbons (Fsp3) is 0. The molecule has 0 amide bonds. The maximum Gasteiger partial charge on any atom is 0.151 e. The largest absolute Gasteiger partial charge is 0.456 e. The van der Waals surface area contributed by atoms with Crippen molar-refractivity contribution in [3.8, 4) is 23.3 Å². The smallest absolute Gasteiger partial charge is 0.151 e. The van der Waals surface area contributed by atoms with Crippen LogP contribution in [0, 0.1) is 17.7 Å². The maximum absolute atomic E-state index is 13.4. The maximum atomic E-state index is 13.4. The van der Waals surface area contributed by atoms with E-state index in [1.807, 2.05) is 6.07 Å². The monoisotopic (exact) mass is 524 g/mol. The second kappa shape index (κ2) is 10.5. The number of anilines is 3. The predicted molar refractivity (Wildman–Crippen MR) is 138 cm³/mol. The lowest BCUT2D eigenvalue weighted by atomic mass is 10.3. The lowest BCUT2D eigenvalue weighted by Crippen LogP contribution is -1.95. The average molecular weight is 525 g/mol. The number of hydrogen-bond donors (Lipinski definition) is 2. The number of nitrogens with zero attached hydrogens (tertiary/aromatic N) is 4. The van der Waals surface area contributed by atoms with Crippen molar-refractivity contribution < 1.29 is 9.13 Å². The van der Waals surface area contributed by atoms with Gasteiger partial charge in [-0.05, 0) is 48.2 Å². The summed E-state index contributed by atoms with van der Waals surface area (Å²) in [5.74, 6) is 7.37. The van der Waals surface area contributed by atoms with E-state index < -0.39 is 0 Å². The Morgan fingerprint density at radius 1 is 1.00 bits per heavy atom. The molecule has 35 heavy (non-hydrogen) atoms. The number of ether oxygens (including phenoxy) is 1. The van der Waals surface area contributed by atoms with Gasteiger partial charge in [0, 0.05) is 11.8 Å². The van der Waals surface area contributed by atoms with Crippen LogP contribution >= 0.6 is 35.3 Å². The zero-order valence-corrected chi connectivity index (χ0v) is 20.1. The van der Waals surface area contributed by atoms with Gasteiger partial charge in [-0.25, -0.2) is 24.3 Å². The van der Waals surface area contributed by atoms with Crippen LogP contribution in [0.15, 0.2) is 67.3 Å². The number of halogens is 3. The van der Waals surface area contributed by atoms with Crippen molar-refractivity contribution in [2.75, 3.05) is 11.1 Å². The fourth-order valence-electron chi connectivity index (χ4n) is 2.99. The van der Waals surface area contributed by atoms with Crippen LogP contribution in [0.25, 0.3) is 10.2 Å². The summed E-state index contributed by atoms with van der Waals surface area (Å²) in [5, 5.41) is 3.62. The molecule has 0 unspecified atom stereocenters. The number of fused-ring (bicyclic) bond motifs is 1. The molecule has 0 atom stereocenters. The van der Waals surface area contributed by atoms with Crippen molar-refractivity contribution in [2.24, 2.45) is 0 Å². The molecule has 3 heterocycles. The quantitative estimate of drug-likeness (QED) is 0.269. The highest BCUT2D eigenvalue weighted by molar-refractivity contribution is 7.20. The molecule has 0 aliphatic carbocycles. The van der Waals surface area contributed by atoms with E-state index >= 15 is 0 Å². The fourth-order valence-corrected chi connectivity index (χ4v) is 4.12. The van der Waals surface area contributed by atoms with Crippen LogP contribution in [0.2, 0.25) is 5.02 Å². The summed E-state index contributed by atoms with van der Waals surface area (Å²) in [6.45, 7) is 0. The van der Waals surface area contributed by atoms with Gasteiger partial charge in [0.2, 0.25) is 0 Å². The van der Waals surface area contributed by atoms with Crippen LogP contribution in [0.3, 0.4) is 0 Å². The molecule has 0 radical (unpaired) electrons. The Kier molecular flexibility index (Phi) is 7.27. The Morgan fingerprint density at radius 2 is 1.89 bits per heavy atom. The number of nitrogens with two attached hydrogens (primary N) is 1. The van der Waals surface area contributed by atoms with Crippen molar-refractivity contribution in [1.29, 1.82) is 0 Å². The number of nitrogen functional groups attached to an aromatic ring is 1. The summed E-state index contributed by atoms with van der Waals surface area (Å²) in [7, 11) is 0. The zero-order valence-electron chi connectivity index (χ0n) is 17.7. The van der Waals surface area contributed by atoms with Crippen LogP contribution in [-0.4, -0.2) is 19.9 Å². The van der Waals surface area contributed by atoms with E-state index in [-0.39, 0.29) is 18.2 Å². The van der Waals surface area contributed by atoms with Gasteiger partial charge in [-0.1, -0.05) is 17.7 Å². The number of nitrogens with one attached hydrogen (secondary N) is 1. The highest BCUT2D eigenvalue weighted by Crippen LogP contribution is 2.35. The molecule has 0 spiro atoms. The van der Waals surface area contributed by atoms with E-state index in [0.717, 1.165) is 15.1 Å². The summed E-state index contributed by atoms with van der Waals surface area (Å²) in [5.41, 5.74) is 7.53. The summed E-state index contributed by atoms with van der Waals surface area (Å²) in [6, 6.07) is 12.9. The van der Waals surface area contributed by atoms with Gasteiger partial charge in [0.05, 0.1) is 32.5 Å². The molecular weight excluding hydrogens is 510 g/mol. The van der Waals surface area contributed by atoms with Gasteiger partial charge in [0.1, 0.15) is 35.2 Å². The molecular formula is C24H15Cl2FN6OS. The third-order valence-electron chi connectivity index (χ3n) is 4.52. The molecule has 5 aromatic rings. The Hall–Kier alpha value is -3.97. The van der Waals surface area contributed by atoms with E-state index in [2.05, 4.69) is 37.1 Å². The number of thiophene rings is 1. The lowest BCUT2D eigenvalue weighted by Gasteiger charge is -2.11. The van der Waals surface area contributed by atoms with Crippen LogP contribution in [0.1, 0.15) is 10.6 Å². The molecule has 0 bridgehead atoms. The topological polar surface area (TPSA) is 98.8 Å². The first-order chi connectivity index (χ1) is 16.5. The van der Waals surface area contributed by atoms with Gasteiger partial charge in [0.15, 0.2) is 5.82 Å². The lowest BCUT2D eigenvalue weighted by molar-refractivity contribution is 0.477. The number of rotatable bonds is 4. The van der Waals surface area contributed by atoms with E-state index in [0.29, 0.717) is 39.5 Å². The summed E-state index contributed by atoms with van der Waals surface area (Å²) in [4.78, 5) is 17.6. The minimum absolute atomic E-state index is 0. The molecule has 0 saturated heterocycles. The molecule has 2 aromatic carbocycles. The number of benzene rings is 2. The van der Waals surface area contributed by atoms with E-state index in [9.17, 15) is 4.39 Å². The highest BCUT2D eigenvalue weighted by Gasteiger charge is 2.11. The van der Waals surface area contributed by atoms with Gasteiger partial charge < -0.3 is 15.8 Å². The van der Waals surface area contributed by atoms with Gasteiger partial charge >= 0.3 is 0 Å². The Labute approximate surface area is 214 Å². The average Bonchev–Trinajstić information content (AvgIpc) is 3.25. The molecule has 0 saturated carbocycles. The van der Waals surface area contributed by atoms with E-state index in [4.69, 9.17) is 22.1 Å². The van der Waals surface area contributed by atoms with Crippen LogP contribution in [-0.2, 0) is 0 Å². The summed E-state index contributed by atoms with van der Waals surface area (Å²) < 4.78 is 19.9. The Balaban J connectivity index is 0.00000289. The first kappa shape index (κ1) is 24.2. The predicted octanol–water partition coefficient (Wildman–Crippen LogP) is 6.21. The molecule has 7 nitrogen and oxygen atoms in total. The minimum atomic E-state index is -0.388. The van der Waals surface area contributed by atoms with Gasteiger partial charge in [0.25, 0.3) is 0 Å². The molecule has 174 valence electrons. The van der Waals surface area contributed by atoms with Crippen molar-refractivity contribution in [2.45, 2.75) is 0 Å². The third kappa shape index (κ3) is 5.75. The molecule has 0 aliphatic heterocycles. The molecule has 3 N–H and O–H groups in total. The normalized spacial score (nSPS) is 10.2. The van der Waals surface area contributed by atoms with E-state index in [1.165, 1.54) is 42.2 Å². The Bertz CT molecular complexity index is 1570. The van der Waals surface area contributed by atoms with Crippen LogP contribution in [0.5, 0.6) is 11.5 Å². The molecule has 11 heteroatoms. The number of aromatic nitrogens is 4. The second-order valence-electron chi connectivity index (χ2n) is 6.95. The van der Waals surface area contributed by atoms with E-state index in [1.54, 1.807) is 30.3 Å². The third-order valence-corrected chi connectivity index (χ3v) is 5.86. The summed E-state index contributed by atoms with van der Waals surface area (Å²) >= 11 is 7.84. The van der Waals surface area contributed by atoms with Gasteiger partial charge in [-0.2, -0.15) is 0 Å². The summed E-state index contributed by atoms with van der Waals surface area (Å²) in [6.07, 6.45) is 4.46. The van der Waals surface area contributed by atoms with Gasteiger partial charge in [-0.15, -0.1) is 23.7 Å². The molecule has 0 fully saturated rings. The Morgan fingerprint density at radius 3 is 2.66 bits per heavy atom. The van der Waals surface area contributed by atoms with Crippen LogP contribution in [0.4, 0.5) is 21.7 Å². The van der Waals surface area contributed by atoms with Gasteiger partial charge in [-0.3, -0.25) is 0 Å². The first-order valence-corrected chi connectivity index (χ1v) is 11.1. The highest BCUT2D eigenvalue weighted by atomic mass is 35.5. The molecule has 3 aromatic heterocycles. The first-order valence-electron chi connectivity index (χ1n) is 9.87. The van der Waals surface area contributed by atoms with Crippen LogP contribution < -0.4 is 15.8 Å². The standard InChI is InChI=1S/C24H14ClFN6OS.ClH/c25-19-9-15(5-7-21(19)33-17-3-1-2-14(26)8-17)32-24-23-20(30-13-31-24)10-18(34-23)6-4-16-11-29-22(27)12-28-16;/h1-3,5,7-13H,(H2,27,29)(H,30,31,32);1H.